The lowest BCUT2D eigenvalue weighted by Gasteiger charge is -2.18. The van der Waals surface area contributed by atoms with Crippen LogP contribution in [0.15, 0.2) is 18.2 Å². The van der Waals surface area contributed by atoms with Gasteiger partial charge in [-0.05, 0) is 51.2 Å². The third-order valence-electron chi connectivity index (χ3n) is 3.29. The molecule has 1 aliphatic rings. The van der Waals surface area contributed by atoms with E-state index in [4.69, 9.17) is 5.41 Å². The van der Waals surface area contributed by atoms with Crippen molar-refractivity contribution in [3.63, 3.8) is 0 Å². The molecular weight excluding hydrogens is 229 g/mol. The number of halogens is 1. The minimum atomic E-state index is -0.257. The fraction of sp³-hybridized carbons (Fsp3) is 0.500. The molecule has 0 saturated heterocycles. The quantitative estimate of drug-likeness (QED) is 0.812. The van der Waals surface area contributed by atoms with Crippen LogP contribution in [0.2, 0.25) is 0 Å². The van der Waals surface area contributed by atoms with Gasteiger partial charge in [-0.2, -0.15) is 0 Å². The number of nitrogens with zero attached hydrogens (tertiary/aromatic N) is 2. The van der Waals surface area contributed by atoms with Crippen LogP contribution in [-0.2, 0) is 6.54 Å². The van der Waals surface area contributed by atoms with Crippen LogP contribution in [0.1, 0.15) is 24.0 Å². The second-order valence-corrected chi connectivity index (χ2v) is 5.08. The first-order chi connectivity index (χ1) is 8.58. The zero-order chi connectivity index (χ0) is 13.1. The number of unbranched alkanes of at least 4 members (excludes halogenated alkanes) is 1. The van der Waals surface area contributed by atoms with Crippen LogP contribution in [0.3, 0.4) is 0 Å². The van der Waals surface area contributed by atoms with Gasteiger partial charge < -0.3 is 9.80 Å². The van der Waals surface area contributed by atoms with Crippen molar-refractivity contribution in [2.45, 2.75) is 19.4 Å². The van der Waals surface area contributed by atoms with Crippen LogP contribution in [-0.4, -0.2) is 42.8 Å². The summed E-state index contributed by atoms with van der Waals surface area (Å²) in [7, 11) is 4.13. The van der Waals surface area contributed by atoms with E-state index in [-0.39, 0.29) is 5.82 Å². The van der Waals surface area contributed by atoms with Crippen LogP contribution < -0.4 is 0 Å². The van der Waals surface area contributed by atoms with Crippen molar-refractivity contribution in [1.29, 1.82) is 5.41 Å². The summed E-state index contributed by atoms with van der Waals surface area (Å²) in [6.45, 7) is 2.70. The molecule has 0 aromatic heterocycles. The third kappa shape index (κ3) is 2.88. The number of fused-ring (bicyclic) bond motifs is 1. The summed E-state index contributed by atoms with van der Waals surface area (Å²) in [5.74, 6) is 0.210. The normalized spacial score (nSPS) is 14.4. The summed E-state index contributed by atoms with van der Waals surface area (Å²) in [6, 6.07) is 4.73. The predicted octanol–water partition coefficient (Wildman–Crippen LogP) is 2.31. The molecule has 1 aromatic rings. The molecule has 1 aromatic carbocycles. The Bertz CT molecular complexity index is 443. The minimum Gasteiger partial charge on any atom is -0.352 e. The topological polar surface area (TPSA) is 30.3 Å². The van der Waals surface area contributed by atoms with E-state index in [1.807, 2.05) is 4.90 Å². The van der Waals surface area contributed by atoms with Crippen LogP contribution in [0.5, 0.6) is 0 Å². The van der Waals surface area contributed by atoms with Crippen molar-refractivity contribution in [3.8, 4) is 0 Å². The van der Waals surface area contributed by atoms with Gasteiger partial charge in [0.15, 0.2) is 0 Å². The highest BCUT2D eigenvalue weighted by atomic mass is 19.1. The van der Waals surface area contributed by atoms with Crippen LogP contribution in [0, 0.1) is 11.2 Å². The van der Waals surface area contributed by atoms with E-state index >= 15 is 0 Å². The molecule has 0 radical (unpaired) electrons. The lowest BCUT2D eigenvalue weighted by atomic mass is 10.1. The lowest BCUT2D eigenvalue weighted by molar-refractivity contribution is 0.362. The number of amidine groups is 1. The minimum absolute atomic E-state index is 0.257. The molecule has 0 fully saturated rings. The van der Waals surface area contributed by atoms with E-state index in [1.54, 1.807) is 6.07 Å². The zero-order valence-corrected chi connectivity index (χ0v) is 11.0. The molecule has 2 rings (SSSR count). The fourth-order valence-corrected chi connectivity index (χ4v) is 2.28. The monoisotopic (exact) mass is 249 g/mol. The molecule has 0 atom stereocenters. The van der Waals surface area contributed by atoms with Gasteiger partial charge in [0.2, 0.25) is 0 Å². The molecular formula is C14H20FN3. The van der Waals surface area contributed by atoms with E-state index in [9.17, 15) is 4.39 Å². The average molecular weight is 249 g/mol. The lowest BCUT2D eigenvalue weighted by Crippen LogP contribution is -2.25. The Morgan fingerprint density at radius 1 is 1.33 bits per heavy atom. The second-order valence-electron chi connectivity index (χ2n) is 5.08. The summed E-state index contributed by atoms with van der Waals surface area (Å²) in [5.41, 5.74) is 1.82. The summed E-state index contributed by atoms with van der Waals surface area (Å²) in [6.07, 6.45) is 2.19. The highest BCUT2D eigenvalue weighted by Gasteiger charge is 2.23. The molecule has 0 unspecified atom stereocenters. The molecule has 0 bridgehead atoms. The maximum Gasteiger partial charge on any atom is 0.128 e. The standard InChI is InChI=1S/C14H20FN3/c1-17(2)7-3-4-8-18-10-11-5-6-12(15)9-13(11)14(18)16/h5-6,9,16H,3-4,7-8,10H2,1-2H3. The average Bonchev–Trinajstić information content (AvgIpc) is 2.62. The van der Waals surface area contributed by atoms with Gasteiger partial charge in [-0.25, -0.2) is 4.39 Å². The van der Waals surface area contributed by atoms with Gasteiger partial charge in [0.05, 0.1) is 0 Å². The number of hydrogen-bond donors (Lipinski definition) is 1. The van der Waals surface area contributed by atoms with Crippen molar-refractivity contribution < 1.29 is 4.39 Å². The van der Waals surface area contributed by atoms with Crippen molar-refractivity contribution in [1.82, 2.24) is 9.80 Å². The Morgan fingerprint density at radius 2 is 2.11 bits per heavy atom. The van der Waals surface area contributed by atoms with Gasteiger partial charge in [0.25, 0.3) is 0 Å². The second kappa shape index (κ2) is 5.48. The maximum absolute atomic E-state index is 13.1. The van der Waals surface area contributed by atoms with Crippen molar-refractivity contribution >= 4 is 5.84 Å². The molecule has 1 N–H and O–H groups in total. The molecule has 0 aliphatic carbocycles. The van der Waals surface area contributed by atoms with Crippen LogP contribution >= 0.6 is 0 Å². The molecule has 1 heterocycles. The van der Waals surface area contributed by atoms with E-state index in [0.29, 0.717) is 5.84 Å². The van der Waals surface area contributed by atoms with Gasteiger partial charge in [0, 0.05) is 18.7 Å². The summed E-state index contributed by atoms with van der Waals surface area (Å²) < 4.78 is 13.1. The first-order valence-corrected chi connectivity index (χ1v) is 6.35. The van der Waals surface area contributed by atoms with Gasteiger partial charge >= 0.3 is 0 Å². The van der Waals surface area contributed by atoms with E-state index in [1.165, 1.54) is 12.1 Å². The van der Waals surface area contributed by atoms with Crippen molar-refractivity contribution in [2.24, 2.45) is 0 Å². The van der Waals surface area contributed by atoms with Gasteiger partial charge in [0.1, 0.15) is 11.7 Å². The maximum atomic E-state index is 13.1. The summed E-state index contributed by atoms with van der Waals surface area (Å²) >= 11 is 0. The first kappa shape index (κ1) is 13.0. The number of benzene rings is 1. The van der Waals surface area contributed by atoms with Gasteiger partial charge in [-0.1, -0.05) is 6.07 Å². The predicted molar refractivity (Wildman–Crippen MR) is 71.4 cm³/mol. The Hall–Kier alpha value is -1.42. The summed E-state index contributed by atoms with van der Waals surface area (Å²) in [5, 5.41) is 8.05. The molecule has 1 aliphatic heterocycles. The van der Waals surface area contributed by atoms with E-state index in [0.717, 1.165) is 43.6 Å². The molecule has 98 valence electrons. The number of hydrogen-bond acceptors (Lipinski definition) is 2. The van der Waals surface area contributed by atoms with E-state index < -0.39 is 0 Å². The summed E-state index contributed by atoms with van der Waals surface area (Å²) in [4.78, 5) is 4.19. The highest BCUT2D eigenvalue weighted by molar-refractivity contribution is 6.00. The number of nitrogens with one attached hydrogen (secondary N) is 1. The number of rotatable bonds is 5. The third-order valence-corrected chi connectivity index (χ3v) is 3.29. The highest BCUT2D eigenvalue weighted by Crippen LogP contribution is 2.23. The van der Waals surface area contributed by atoms with Gasteiger partial charge in [-0.15, -0.1) is 0 Å². The fourth-order valence-electron chi connectivity index (χ4n) is 2.28. The van der Waals surface area contributed by atoms with Gasteiger partial charge in [-0.3, -0.25) is 5.41 Å². The van der Waals surface area contributed by atoms with Crippen LogP contribution in [0.25, 0.3) is 0 Å². The molecule has 0 saturated carbocycles. The van der Waals surface area contributed by atoms with Crippen molar-refractivity contribution in [2.75, 3.05) is 27.2 Å². The Labute approximate surface area is 108 Å². The zero-order valence-electron chi connectivity index (χ0n) is 11.0. The molecule has 0 amide bonds. The largest absolute Gasteiger partial charge is 0.352 e. The molecule has 0 spiro atoms. The molecule has 4 heteroatoms. The van der Waals surface area contributed by atoms with Crippen LogP contribution in [0.4, 0.5) is 4.39 Å². The Kier molecular flexibility index (Phi) is 3.97. The Balaban J connectivity index is 1.89. The SMILES string of the molecule is CN(C)CCCCN1Cc2ccc(F)cc2C1=N. The van der Waals surface area contributed by atoms with E-state index in [2.05, 4.69) is 19.0 Å². The molecule has 18 heavy (non-hydrogen) atoms. The Morgan fingerprint density at radius 3 is 2.83 bits per heavy atom. The molecule has 3 nitrogen and oxygen atoms in total. The van der Waals surface area contributed by atoms with Crippen molar-refractivity contribution in [3.05, 3.63) is 35.1 Å². The smallest absolute Gasteiger partial charge is 0.128 e. The first-order valence-electron chi connectivity index (χ1n) is 6.35.